The maximum Gasteiger partial charge on any atom is 0.0940 e. The van der Waals surface area contributed by atoms with E-state index < -0.39 is 0 Å². The molecule has 1 unspecified atom stereocenters. The molecule has 0 radical (unpaired) electrons. The van der Waals surface area contributed by atoms with E-state index in [1.54, 1.807) is 0 Å². The molecule has 12 heavy (non-hydrogen) atoms. The Balaban J connectivity index is 2.69. The highest BCUT2D eigenvalue weighted by Crippen LogP contribution is 2.28. The zero-order valence-electron chi connectivity index (χ0n) is 8.43. The molecule has 2 heteroatoms. The summed E-state index contributed by atoms with van der Waals surface area (Å²) in [6.07, 6.45) is 4.67. The van der Waals surface area contributed by atoms with Gasteiger partial charge in [-0.15, -0.1) is 0 Å². The van der Waals surface area contributed by atoms with Crippen LogP contribution in [-0.4, -0.2) is 11.9 Å². The first-order valence-electron chi connectivity index (χ1n) is 4.82. The molecule has 0 aromatic carbocycles. The first-order chi connectivity index (χ1) is 5.50. The topological polar surface area (TPSA) is 38.4 Å². The van der Waals surface area contributed by atoms with Gasteiger partial charge in [-0.2, -0.15) is 0 Å². The third-order valence-corrected chi connectivity index (χ3v) is 2.48. The molecule has 0 spiro atoms. The van der Waals surface area contributed by atoms with Gasteiger partial charge in [0.05, 0.1) is 11.9 Å². The minimum Gasteiger partial charge on any atom is -0.387 e. The molecule has 0 aromatic rings. The molecule has 1 aliphatic heterocycles. The standard InChI is InChI=1S/C10H20N2/c1-10(2,3)8-6-4-5-7-9(11)12-8/h8H,4-7H2,1-3H3,(H2,11,12). The van der Waals surface area contributed by atoms with Gasteiger partial charge in [0.15, 0.2) is 0 Å². The van der Waals surface area contributed by atoms with Crippen molar-refractivity contribution in [3.63, 3.8) is 0 Å². The van der Waals surface area contributed by atoms with Crippen molar-refractivity contribution < 1.29 is 0 Å². The minimum atomic E-state index is 0.273. The van der Waals surface area contributed by atoms with E-state index in [2.05, 4.69) is 25.8 Å². The summed E-state index contributed by atoms with van der Waals surface area (Å²) in [7, 11) is 0. The van der Waals surface area contributed by atoms with E-state index >= 15 is 0 Å². The van der Waals surface area contributed by atoms with Crippen LogP contribution in [0.2, 0.25) is 0 Å². The third-order valence-electron chi connectivity index (χ3n) is 2.48. The SMILES string of the molecule is CC(C)(C)C1CCCCC(N)=N1. The lowest BCUT2D eigenvalue weighted by atomic mass is 9.84. The average molecular weight is 168 g/mol. The molecule has 1 rings (SSSR count). The number of hydrogen-bond donors (Lipinski definition) is 1. The van der Waals surface area contributed by atoms with Crippen LogP contribution in [0.1, 0.15) is 46.5 Å². The Kier molecular flexibility index (Phi) is 2.76. The van der Waals surface area contributed by atoms with Gasteiger partial charge in [-0.3, -0.25) is 4.99 Å². The summed E-state index contributed by atoms with van der Waals surface area (Å²) >= 11 is 0. The van der Waals surface area contributed by atoms with Crippen molar-refractivity contribution in [2.75, 3.05) is 0 Å². The first kappa shape index (κ1) is 9.56. The quantitative estimate of drug-likeness (QED) is 0.592. The highest BCUT2D eigenvalue weighted by Gasteiger charge is 2.24. The summed E-state index contributed by atoms with van der Waals surface area (Å²) in [5, 5.41) is 0. The number of nitrogens with two attached hydrogens (primary N) is 1. The van der Waals surface area contributed by atoms with Crippen molar-refractivity contribution in [2.24, 2.45) is 16.1 Å². The van der Waals surface area contributed by atoms with Gasteiger partial charge in [0.2, 0.25) is 0 Å². The van der Waals surface area contributed by atoms with Crippen LogP contribution in [-0.2, 0) is 0 Å². The highest BCUT2D eigenvalue weighted by molar-refractivity contribution is 5.80. The summed E-state index contributed by atoms with van der Waals surface area (Å²) in [5.74, 6) is 0.854. The summed E-state index contributed by atoms with van der Waals surface area (Å²) in [6.45, 7) is 6.71. The van der Waals surface area contributed by atoms with Gasteiger partial charge < -0.3 is 5.73 Å². The van der Waals surface area contributed by atoms with Crippen molar-refractivity contribution in [1.82, 2.24) is 0 Å². The molecule has 70 valence electrons. The van der Waals surface area contributed by atoms with Gasteiger partial charge in [-0.1, -0.05) is 27.2 Å². The number of nitrogens with zero attached hydrogens (tertiary/aromatic N) is 1. The molecule has 2 nitrogen and oxygen atoms in total. The Morgan fingerprint density at radius 2 is 2.00 bits per heavy atom. The second kappa shape index (κ2) is 3.46. The molecule has 0 fully saturated rings. The minimum absolute atomic E-state index is 0.273. The van der Waals surface area contributed by atoms with Gasteiger partial charge >= 0.3 is 0 Å². The Labute approximate surface area is 75.3 Å². The lowest BCUT2D eigenvalue weighted by Gasteiger charge is -2.26. The van der Waals surface area contributed by atoms with E-state index in [0.717, 1.165) is 12.3 Å². The molecule has 2 N–H and O–H groups in total. The van der Waals surface area contributed by atoms with E-state index in [1.807, 2.05) is 0 Å². The monoisotopic (exact) mass is 168 g/mol. The normalized spacial score (nSPS) is 26.2. The molecule has 0 aromatic heterocycles. The second-order valence-electron chi connectivity index (χ2n) is 4.75. The molecule has 1 aliphatic rings. The smallest absolute Gasteiger partial charge is 0.0940 e. The van der Waals surface area contributed by atoms with Crippen LogP contribution in [0.3, 0.4) is 0 Å². The van der Waals surface area contributed by atoms with E-state index in [1.165, 1.54) is 19.3 Å². The lowest BCUT2D eigenvalue weighted by molar-refractivity contribution is 0.306. The largest absolute Gasteiger partial charge is 0.387 e. The van der Waals surface area contributed by atoms with Crippen molar-refractivity contribution in [2.45, 2.75) is 52.5 Å². The van der Waals surface area contributed by atoms with E-state index in [0.29, 0.717) is 6.04 Å². The fraction of sp³-hybridized carbons (Fsp3) is 0.900. The predicted octanol–water partition coefficient (Wildman–Crippen LogP) is 2.33. The molecule has 0 amide bonds. The Morgan fingerprint density at radius 1 is 1.33 bits per heavy atom. The van der Waals surface area contributed by atoms with E-state index in [9.17, 15) is 0 Å². The molecule has 0 saturated carbocycles. The first-order valence-corrected chi connectivity index (χ1v) is 4.82. The second-order valence-corrected chi connectivity index (χ2v) is 4.75. The maximum atomic E-state index is 5.77. The van der Waals surface area contributed by atoms with Crippen LogP contribution in [0.5, 0.6) is 0 Å². The fourth-order valence-corrected chi connectivity index (χ4v) is 1.60. The zero-order chi connectivity index (χ0) is 9.19. The summed E-state index contributed by atoms with van der Waals surface area (Å²) in [6, 6.07) is 0.431. The fourth-order valence-electron chi connectivity index (χ4n) is 1.60. The van der Waals surface area contributed by atoms with Crippen LogP contribution in [0.4, 0.5) is 0 Å². The van der Waals surface area contributed by atoms with Crippen LogP contribution in [0, 0.1) is 5.41 Å². The van der Waals surface area contributed by atoms with E-state index in [4.69, 9.17) is 5.73 Å². The average Bonchev–Trinajstić information content (AvgIpc) is 2.11. The molecule has 0 saturated heterocycles. The van der Waals surface area contributed by atoms with Crippen molar-refractivity contribution >= 4 is 5.84 Å². The molecular formula is C10H20N2. The van der Waals surface area contributed by atoms with Gasteiger partial charge in [-0.05, 0) is 18.3 Å². The number of amidine groups is 1. The highest BCUT2D eigenvalue weighted by atomic mass is 14.9. The van der Waals surface area contributed by atoms with Crippen molar-refractivity contribution in [3.05, 3.63) is 0 Å². The summed E-state index contributed by atoms with van der Waals surface area (Å²) in [4.78, 5) is 4.54. The van der Waals surface area contributed by atoms with Gasteiger partial charge in [-0.25, -0.2) is 0 Å². The Morgan fingerprint density at radius 3 is 2.58 bits per heavy atom. The molecule has 1 atom stereocenters. The summed E-state index contributed by atoms with van der Waals surface area (Å²) in [5.41, 5.74) is 6.04. The van der Waals surface area contributed by atoms with Gasteiger partial charge in [0, 0.05) is 6.42 Å². The lowest BCUT2D eigenvalue weighted by Crippen LogP contribution is -2.26. The van der Waals surface area contributed by atoms with Crippen molar-refractivity contribution in [1.29, 1.82) is 0 Å². The van der Waals surface area contributed by atoms with Gasteiger partial charge in [0.1, 0.15) is 0 Å². The zero-order valence-corrected chi connectivity index (χ0v) is 8.43. The van der Waals surface area contributed by atoms with Gasteiger partial charge in [0.25, 0.3) is 0 Å². The molecule has 0 aliphatic carbocycles. The maximum absolute atomic E-state index is 5.77. The predicted molar refractivity (Wildman–Crippen MR) is 53.3 cm³/mol. The molecule has 1 heterocycles. The van der Waals surface area contributed by atoms with Crippen LogP contribution in [0.15, 0.2) is 4.99 Å². The number of rotatable bonds is 0. The van der Waals surface area contributed by atoms with Crippen molar-refractivity contribution in [3.8, 4) is 0 Å². The van der Waals surface area contributed by atoms with Crippen LogP contribution < -0.4 is 5.73 Å². The van der Waals surface area contributed by atoms with E-state index in [-0.39, 0.29) is 5.41 Å². The Hall–Kier alpha value is -0.530. The molecular weight excluding hydrogens is 148 g/mol. The number of aliphatic imine (C=N–C) groups is 1. The Bertz CT molecular complexity index is 177. The number of hydrogen-bond acceptors (Lipinski definition) is 2. The third kappa shape index (κ3) is 2.50. The summed E-state index contributed by atoms with van der Waals surface area (Å²) < 4.78 is 0. The molecule has 0 bridgehead atoms. The van der Waals surface area contributed by atoms with Crippen LogP contribution in [0.25, 0.3) is 0 Å². The van der Waals surface area contributed by atoms with Crippen LogP contribution >= 0.6 is 0 Å².